The van der Waals surface area contributed by atoms with E-state index in [1.807, 2.05) is 66.7 Å². The number of anilines is 1. The number of nitrogens with one attached hydrogen (secondary N) is 1. The van der Waals surface area contributed by atoms with Crippen LogP contribution in [0.15, 0.2) is 79.0 Å². The van der Waals surface area contributed by atoms with Crippen LogP contribution in [0.5, 0.6) is 11.5 Å². The molecule has 1 aliphatic rings. The van der Waals surface area contributed by atoms with Crippen LogP contribution in [0.4, 0.5) is 5.69 Å². The fraction of sp³-hybridized carbons (Fsp3) is 0.207. The van der Waals surface area contributed by atoms with Gasteiger partial charge in [-0.05, 0) is 54.4 Å². The van der Waals surface area contributed by atoms with Crippen LogP contribution in [0.2, 0.25) is 0 Å². The summed E-state index contributed by atoms with van der Waals surface area (Å²) in [6.07, 6.45) is 3.21. The third-order valence-corrected chi connectivity index (χ3v) is 6.41. The van der Waals surface area contributed by atoms with Gasteiger partial charge in [0.1, 0.15) is 5.69 Å². The average Bonchev–Trinajstić information content (AvgIpc) is 3.59. The lowest BCUT2D eigenvalue weighted by Crippen LogP contribution is -2.24. The van der Waals surface area contributed by atoms with Crippen molar-refractivity contribution in [2.24, 2.45) is 0 Å². The van der Waals surface area contributed by atoms with Crippen LogP contribution in [-0.2, 0) is 11.3 Å². The largest absolute Gasteiger partial charge is 0.493 e. The Kier molecular flexibility index (Phi) is 6.89. The van der Waals surface area contributed by atoms with Gasteiger partial charge in [0, 0.05) is 37.0 Å². The first-order chi connectivity index (χ1) is 18.1. The molecule has 37 heavy (non-hydrogen) atoms. The first-order valence-electron chi connectivity index (χ1n) is 12.1. The van der Waals surface area contributed by atoms with E-state index in [9.17, 15) is 9.59 Å². The van der Waals surface area contributed by atoms with Crippen molar-refractivity contribution in [3.63, 3.8) is 0 Å². The molecule has 3 aromatic carbocycles. The molecule has 0 unspecified atom stereocenters. The van der Waals surface area contributed by atoms with E-state index in [0.717, 1.165) is 35.5 Å². The Bertz CT molecular complexity index is 1410. The van der Waals surface area contributed by atoms with Crippen molar-refractivity contribution in [2.75, 3.05) is 25.7 Å². The smallest absolute Gasteiger partial charge is 0.255 e. The highest BCUT2D eigenvalue weighted by atomic mass is 16.5. The van der Waals surface area contributed by atoms with Gasteiger partial charge in [-0.3, -0.25) is 9.59 Å². The minimum Gasteiger partial charge on any atom is -0.493 e. The fourth-order valence-corrected chi connectivity index (χ4v) is 4.44. The predicted octanol–water partition coefficient (Wildman–Crippen LogP) is 4.61. The Labute approximate surface area is 215 Å². The van der Waals surface area contributed by atoms with E-state index in [4.69, 9.17) is 14.6 Å². The van der Waals surface area contributed by atoms with Gasteiger partial charge >= 0.3 is 0 Å². The van der Waals surface area contributed by atoms with Crippen LogP contribution in [0.1, 0.15) is 28.8 Å². The molecule has 1 aliphatic heterocycles. The molecule has 8 nitrogen and oxygen atoms in total. The lowest BCUT2D eigenvalue weighted by Gasteiger charge is -2.16. The summed E-state index contributed by atoms with van der Waals surface area (Å²) in [7, 11) is 3.15. The topological polar surface area (TPSA) is 85.7 Å². The second-order valence-corrected chi connectivity index (χ2v) is 8.74. The number of ether oxygens (including phenoxy) is 2. The van der Waals surface area contributed by atoms with Crippen molar-refractivity contribution in [2.45, 2.75) is 19.4 Å². The molecule has 0 atom stereocenters. The fourth-order valence-electron chi connectivity index (χ4n) is 4.44. The number of rotatable bonds is 8. The summed E-state index contributed by atoms with van der Waals surface area (Å²) < 4.78 is 12.5. The number of carbonyl (C=O) groups excluding carboxylic acids is 2. The van der Waals surface area contributed by atoms with Crippen LogP contribution in [0, 0.1) is 0 Å². The SMILES string of the molecule is COc1ccc(-c2nn(-c3ccccc3)cc2C(=O)NCc2ccc(N3CCCC3=O)cc2)cc1OC. The average molecular weight is 497 g/mol. The maximum atomic E-state index is 13.4. The molecule has 1 saturated heterocycles. The highest BCUT2D eigenvalue weighted by Crippen LogP contribution is 2.33. The van der Waals surface area contributed by atoms with Gasteiger partial charge < -0.3 is 19.7 Å². The predicted molar refractivity (Wildman–Crippen MR) is 141 cm³/mol. The number of benzene rings is 3. The molecule has 2 amide bonds. The van der Waals surface area contributed by atoms with Crippen LogP contribution in [-0.4, -0.2) is 42.4 Å². The zero-order valence-electron chi connectivity index (χ0n) is 20.8. The highest BCUT2D eigenvalue weighted by molar-refractivity contribution is 6.00. The van der Waals surface area contributed by atoms with Crippen LogP contribution in [0.3, 0.4) is 0 Å². The van der Waals surface area contributed by atoms with Gasteiger partial charge in [-0.1, -0.05) is 30.3 Å². The molecule has 0 radical (unpaired) electrons. The van der Waals surface area contributed by atoms with Crippen molar-refractivity contribution in [1.29, 1.82) is 0 Å². The second kappa shape index (κ2) is 10.6. The third kappa shape index (κ3) is 5.04. The van der Waals surface area contributed by atoms with Gasteiger partial charge in [-0.15, -0.1) is 0 Å². The first-order valence-corrected chi connectivity index (χ1v) is 12.1. The Morgan fingerprint density at radius 2 is 1.70 bits per heavy atom. The van der Waals surface area contributed by atoms with Crippen molar-refractivity contribution >= 4 is 17.5 Å². The molecule has 4 aromatic rings. The molecule has 1 N–H and O–H groups in total. The number of hydrogen-bond donors (Lipinski definition) is 1. The lowest BCUT2D eigenvalue weighted by molar-refractivity contribution is -0.117. The number of nitrogens with zero attached hydrogens (tertiary/aromatic N) is 3. The number of methoxy groups -OCH3 is 2. The van der Waals surface area contributed by atoms with E-state index in [0.29, 0.717) is 35.7 Å². The van der Waals surface area contributed by atoms with Crippen LogP contribution in [0.25, 0.3) is 16.9 Å². The number of para-hydroxylation sites is 1. The van der Waals surface area contributed by atoms with Gasteiger partial charge in [-0.2, -0.15) is 5.10 Å². The highest BCUT2D eigenvalue weighted by Gasteiger charge is 2.22. The quantitative estimate of drug-likeness (QED) is 0.385. The third-order valence-electron chi connectivity index (χ3n) is 6.41. The van der Waals surface area contributed by atoms with E-state index in [1.54, 1.807) is 36.1 Å². The van der Waals surface area contributed by atoms with Gasteiger partial charge in [0.15, 0.2) is 11.5 Å². The minimum atomic E-state index is -0.245. The Morgan fingerprint density at radius 3 is 2.38 bits per heavy atom. The molecule has 188 valence electrons. The number of carbonyl (C=O) groups is 2. The molecule has 1 aromatic heterocycles. The zero-order chi connectivity index (χ0) is 25.8. The van der Waals surface area contributed by atoms with E-state index < -0.39 is 0 Å². The number of amides is 2. The lowest BCUT2D eigenvalue weighted by atomic mass is 10.1. The number of hydrogen-bond acceptors (Lipinski definition) is 5. The maximum absolute atomic E-state index is 13.4. The van der Waals surface area contributed by atoms with Gasteiger partial charge in [-0.25, -0.2) is 4.68 Å². The Hall–Kier alpha value is -4.59. The Morgan fingerprint density at radius 1 is 0.946 bits per heavy atom. The summed E-state index contributed by atoms with van der Waals surface area (Å²) in [6.45, 7) is 1.09. The summed E-state index contributed by atoms with van der Waals surface area (Å²) in [5.74, 6) is 1.06. The Balaban J connectivity index is 1.40. The van der Waals surface area contributed by atoms with E-state index >= 15 is 0 Å². The monoisotopic (exact) mass is 496 g/mol. The summed E-state index contributed by atoms with van der Waals surface area (Å²) in [4.78, 5) is 27.2. The van der Waals surface area contributed by atoms with E-state index in [-0.39, 0.29) is 11.8 Å². The summed E-state index contributed by atoms with van der Waals surface area (Å²) >= 11 is 0. The standard InChI is InChI=1S/C29H28N4O4/c1-36-25-15-12-21(17-26(25)37-2)28-24(19-33(31-28)23-7-4-3-5-8-23)29(35)30-18-20-10-13-22(14-11-20)32-16-6-9-27(32)34/h3-5,7-8,10-15,17,19H,6,9,16,18H2,1-2H3,(H,30,35). The molecule has 0 aliphatic carbocycles. The van der Waals surface area contributed by atoms with Gasteiger partial charge in [0.25, 0.3) is 5.91 Å². The van der Waals surface area contributed by atoms with E-state index in [1.165, 1.54) is 0 Å². The summed E-state index contributed by atoms with van der Waals surface area (Å²) in [5.41, 5.74) is 4.37. The first kappa shape index (κ1) is 24.1. The minimum absolute atomic E-state index is 0.152. The van der Waals surface area contributed by atoms with Crippen molar-refractivity contribution in [3.8, 4) is 28.4 Å². The van der Waals surface area contributed by atoms with E-state index in [2.05, 4.69) is 5.32 Å². The van der Waals surface area contributed by atoms with Crippen LogP contribution >= 0.6 is 0 Å². The maximum Gasteiger partial charge on any atom is 0.255 e. The number of aromatic nitrogens is 2. The molecule has 0 saturated carbocycles. The second-order valence-electron chi connectivity index (χ2n) is 8.74. The normalized spacial score (nSPS) is 13.0. The zero-order valence-corrected chi connectivity index (χ0v) is 20.8. The molecule has 0 spiro atoms. The molecular formula is C29H28N4O4. The molecule has 8 heteroatoms. The van der Waals surface area contributed by atoms with Gasteiger partial charge in [0.05, 0.1) is 25.5 Å². The van der Waals surface area contributed by atoms with Crippen LogP contribution < -0.4 is 19.7 Å². The summed E-state index contributed by atoms with van der Waals surface area (Å²) in [6, 6.07) is 22.8. The molecule has 0 bridgehead atoms. The van der Waals surface area contributed by atoms with Gasteiger partial charge in [0.2, 0.25) is 5.91 Å². The molecular weight excluding hydrogens is 468 g/mol. The molecule has 5 rings (SSSR count). The van der Waals surface area contributed by atoms with Crippen molar-refractivity contribution < 1.29 is 19.1 Å². The van der Waals surface area contributed by atoms with Crippen molar-refractivity contribution in [1.82, 2.24) is 15.1 Å². The molecule has 1 fully saturated rings. The molecule has 2 heterocycles. The van der Waals surface area contributed by atoms with Crippen molar-refractivity contribution in [3.05, 3.63) is 90.1 Å². The summed E-state index contributed by atoms with van der Waals surface area (Å²) in [5, 5.41) is 7.75.